The van der Waals surface area contributed by atoms with E-state index in [9.17, 15) is 8.42 Å². The standard InChI is InChI=1S/C14H23N3O2S/c1-3-14(4-2)5-6-17(10-14)12-7-11(15)8-13(9-12)20(16,18)19/h7-9H,3-6,10,15H2,1-2H3,(H2,16,18,19). The third kappa shape index (κ3) is 2.91. The molecule has 0 aromatic heterocycles. The van der Waals surface area contributed by atoms with Gasteiger partial charge in [0.1, 0.15) is 0 Å². The van der Waals surface area contributed by atoms with Crippen molar-refractivity contribution in [2.75, 3.05) is 23.7 Å². The quantitative estimate of drug-likeness (QED) is 0.831. The van der Waals surface area contributed by atoms with Gasteiger partial charge in [-0.25, -0.2) is 13.6 Å². The molecule has 1 heterocycles. The monoisotopic (exact) mass is 297 g/mol. The Bertz CT molecular complexity index is 594. The van der Waals surface area contributed by atoms with Crippen LogP contribution in [-0.4, -0.2) is 21.5 Å². The summed E-state index contributed by atoms with van der Waals surface area (Å²) in [5.74, 6) is 0. The lowest BCUT2D eigenvalue weighted by Gasteiger charge is -2.27. The number of benzene rings is 1. The van der Waals surface area contributed by atoms with E-state index in [1.54, 1.807) is 6.07 Å². The summed E-state index contributed by atoms with van der Waals surface area (Å²) in [7, 11) is -3.72. The molecule has 0 unspecified atom stereocenters. The molecule has 0 amide bonds. The fourth-order valence-corrected chi connectivity index (χ4v) is 3.52. The minimum Gasteiger partial charge on any atom is -0.399 e. The normalized spacial score (nSPS) is 18.4. The Labute approximate surface area is 121 Å². The van der Waals surface area contributed by atoms with Gasteiger partial charge in [0.05, 0.1) is 4.90 Å². The second-order valence-electron chi connectivity index (χ2n) is 5.68. The van der Waals surface area contributed by atoms with E-state index >= 15 is 0 Å². The van der Waals surface area contributed by atoms with E-state index in [2.05, 4.69) is 18.7 Å². The van der Waals surface area contributed by atoms with Crippen molar-refractivity contribution in [3.8, 4) is 0 Å². The van der Waals surface area contributed by atoms with Crippen LogP contribution in [0, 0.1) is 5.41 Å². The number of nitrogen functional groups attached to an aromatic ring is 1. The maximum absolute atomic E-state index is 11.5. The predicted molar refractivity (Wildman–Crippen MR) is 82.1 cm³/mol. The molecular weight excluding hydrogens is 274 g/mol. The Kier molecular flexibility index (Phi) is 3.97. The lowest BCUT2D eigenvalue weighted by atomic mass is 9.82. The van der Waals surface area contributed by atoms with Crippen molar-refractivity contribution in [3.05, 3.63) is 18.2 Å². The molecule has 112 valence electrons. The van der Waals surface area contributed by atoms with Crippen LogP contribution in [0.2, 0.25) is 0 Å². The number of rotatable bonds is 4. The molecule has 2 rings (SSSR count). The molecule has 0 atom stereocenters. The zero-order valence-corrected chi connectivity index (χ0v) is 12.9. The lowest BCUT2D eigenvalue weighted by Crippen LogP contribution is -2.26. The molecule has 0 aliphatic carbocycles. The maximum Gasteiger partial charge on any atom is 0.238 e. The molecule has 4 N–H and O–H groups in total. The van der Waals surface area contributed by atoms with Gasteiger partial charge in [0, 0.05) is 24.5 Å². The number of primary sulfonamides is 1. The van der Waals surface area contributed by atoms with Gasteiger partial charge in [-0.15, -0.1) is 0 Å². The number of hydrogen-bond donors (Lipinski definition) is 2. The minimum atomic E-state index is -3.72. The second-order valence-corrected chi connectivity index (χ2v) is 7.25. The predicted octanol–water partition coefficient (Wildman–Crippen LogP) is 1.93. The highest BCUT2D eigenvalue weighted by Crippen LogP contribution is 2.39. The largest absolute Gasteiger partial charge is 0.399 e. The van der Waals surface area contributed by atoms with Crippen LogP contribution in [0.5, 0.6) is 0 Å². The molecule has 1 fully saturated rings. The van der Waals surface area contributed by atoms with Gasteiger partial charge in [-0.2, -0.15) is 0 Å². The van der Waals surface area contributed by atoms with Crippen LogP contribution in [0.4, 0.5) is 11.4 Å². The van der Waals surface area contributed by atoms with Crippen LogP contribution in [0.3, 0.4) is 0 Å². The topological polar surface area (TPSA) is 89.4 Å². The molecule has 0 spiro atoms. The minimum absolute atomic E-state index is 0.0815. The molecule has 20 heavy (non-hydrogen) atoms. The number of hydrogen-bond acceptors (Lipinski definition) is 4. The Morgan fingerprint density at radius 1 is 1.25 bits per heavy atom. The third-order valence-corrected chi connectivity index (χ3v) is 5.44. The van der Waals surface area contributed by atoms with E-state index in [4.69, 9.17) is 10.9 Å². The zero-order valence-electron chi connectivity index (χ0n) is 12.1. The fraction of sp³-hybridized carbons (Fsp3) is 0.571. The molecule has 0 saturated carbocycles. The van der Waals surface area contributed by atoms with Crippen molar-refractivity contribution in [1.82, 2.24) is 0 Å². The first kappa shape index (κ1) is 15.1. The first-order chi connectivity index (χ1) is 9.29. The van der Waals surface area contributed by atoms with E-state index in [1.807, 2.05) is 6.07 Å². The van der Waals surface area contributed by atoms with Crippen LogP contribution in [-0.2, 0) is 10.0 Å². The SMILES string of the molecule is CCC1(CC)CCN(c2cc(N)cc(S(N)(=O)=O)c2)C1. The summed E-state index contributed by atoms with van der Waals surface area (Å²) >= 11 is 0. The highest BCUT2D eigenvalue weighted by atomic mass is 32.2. The highest BCUT2D eigenvalue weighted by molar-refractivity contribution is 7.89. The molecule has 1 aromatic carbocycles. The lowest BCUT2D eigenvalue weighted by molar-refractivity contribution is 0.301. The highest BCUT2D eigenvalue weighted by Gasteiger charge is 2.35. The summed E-state index contributed by atoms with van der Waals surface area (Å²) in [5, 5.41) is 5.20. The summed E-state index contributed by atoms with van der Waals surface area (Å²) < 4.78 is 23.0. The van der Waals surface area contributed by atoms with Gasteiger partial charge in [0.15, 0.2) is 0 Å². The van der Waals surface area contributed by atoms with Gasteiger partial charge in [-0.3, -0.25) is 0 Å². The van der Waals surface area contributed by atoms with Crippen LogP contribution in [0.15, 0.2) is 23.1 Å². The first-order valence-corrected chi connectivity index (χ1v) is 8.52. The van der Waals surface area contributed by atoms with Gasteiger partial charge in [0.25, 0.3) is 0 Å². The summed E-state index contributed by atoms with van der Waals surface area (Å²) in [5.41, 5.74) is 7.41. The number of anilines is 2. The Balaban J connectivity index is 2.33. The fourth-order valence-electron chi connectivity index (χ4n) is 2.94. The molecule has 6 heteroatoms. The summed E-state index contributed by atoms with van der Waals surface area (Å²) in [6.45, 7) is 6.28. The van der Waals surface area contributed by atoms with E-state index in [1.165, 1.54) is 6.07 Å². The second kappa shape index (κ2) is 5.26. The van der Waals surface area contributed by atoms with E-state index in [0.29, 0.717) is 11.1 Å². The number of nitrogens with zero attached hydrogens (tertiary/aromatic N) is 1. The van der Waals surface area contributed by atoms with Crippen molar-refractivity contribution in [3.63, 3.8) is 0 Å². The van der Waals surface area contributed by atoms with Crippen molar-refractivity contribution in [2.45, 2.75) is 38.0 Å². The summed E-state index contributed by atoms with van der Waals surface area (Å²) in [6.07, 6.45) is 3.38. The van der Waals surface area contributed by atoms with Crippen LogP contribution in [0.1, 0.15) is 33.1 Å². The molecule has 1 aliphatic heterocycles. The van der Waals surface area contributed by atoms with Gasteiger partial charge in [0.2, 0.25) is 10.0 Å². The number of nitrogens with two attached hydrogens (primary N) is 2. The van der Waals surface area contributed by atoms with Crippen molar-refractivity contribution in [1.29, 1.82) is 0 Å². The van der Waals surface area contributed by atoms with E-state index < -0.39 is 10.0 Å². The Hall–Kier alpha value is -1.27. The smallest absolute Gasteiger partial charge is 0.238 e. The average molecular weight is 297 g/mol. The van der Waals surface area contributed by atoms with Crippen LogP contribution < -0.4 is 15.8 Å². The maximum atomic E-state index is 11.5. The Morgan fingerprint density at radius 2 is 1.90 bits per heavy atom. The third-order valence-electron chi connectivity index (χ3n) is 4.55. The van der Waals surface area contributed by atoms with E-state index in [0.717, 1.165) is 38.0 Å². The van der Waals surface area contributed by atoms with Crippen molar-refractivity contribution in [2.24, 2.45) is 10.6 Å². The first-order valence-electron chi connectivity index (χ1n) is 6.98. The molecule has 0 radical (unpaired) electrons. The molecular formula is C14H23N3O2S. The van der Waals surface area contributed by atoms with Gasteiger partial charge in [-0.05, 0) is 42.9 Å². The van der Waals surface area contributed by atoms with E-state index in [-0.39, 0.29) is 4.90 Å². The number of sulfonamides is 1. The molecule has 1 aliphatic rings. The molecule has 1 aromatic rings. The van der Waals surface area contributed by atoms with Gasteiger partial charge >= 0.3 is 0 Å². The zero-order chi connectivity index (χ0) is 15.0. The van der Waals surface area contributed by atoms with Gasteiger partial charge < -0.3 is 10.6 Å². The summed E-state index contributed by atoms with van der Waals surface area (Å²) in [6, 6.07) is 4.84. The van der Waals surface area contributed by atoms with Crippen LogP contribution in [0.25, 0.3) is 0 Å². The van der Waals surface area contributed by atoms with Gasteiger partial charge in [-0.1, -0.05) is 13.8 Å². The molecule has 5 nitrogen and oxygen atoms in total. The van der Waals surface area contributed by atoms with Crippen molar-refractivity contribution < 1.29 is 8.42 Å². The molecule has 0 bridgehead atoms. The average Bonchev–Trinajstić information content (AvgIpc) is 2.82. The summed E-state index contributed by atoms with van der Waals surface area (Å²) in [4.78, 5) is 2.29. The van der Waals surface area contributed by atoms with Crippen LogP contribution >= 0.6 is 0 Å². The van der Waals surface area contributed by atoms with Crippen molar-refractivity contribution >= 4 is 21.4 Å². The Morgan fingerprint density at radius 3 is 2.40 bits per heavy atom. The molecule has 1 saturated heterocycles.